The van der Waals surface area contributed by atoms with E-state index in [0.717, 1.165) is 25.9 Å². The van der Waals surface area contributed by atoms with Crippen LogP contribution in [0.2, 0.25) is 0 Å². The topological polar surface area (TPSA) is 61.4 Å². The van der Waals surface area contributed by atoms with Crippen molar-refractivity contribution in [3.8, 4) is 0 Å². The predicted octanol–water partition coefficient (Wildman–Crippen LogP) is 2.30. The summed E-state index contributed by atoms with van der Waals surface area (Å²) in [4.78, 5) is 24.1. The van der Waals surface area contributed by atoms with Gasteiger partial charge in [-0.15, -0.1) is 12.4 Å². The van der Waals surface area contributed by atoms with Crippen molar-refractivity contribution >= 4 is 24.3 Å². The van der Waals surface area contributed by atoms with Gasteiger partial charge >= 0.3 is 6.03 Å². The van der Waals surface area contributed by atoms with Crippen molar-refractivity contribution in [2.75, 3.05) is 19.6 Å². The van der Waals surface area contributed by atoms with Crippen LogP contribution in [0.3, 0.4) is 0 Å². The van der Waals surface area contributed by atoms with Crippen LogP contribution in [0.15, 0.2) is 12.1 Å². The molecule has 2 aliphatic rings. The average Bonchev–Trinajstić information content (AvgIpc) is 2.54. The highest BCUT2D eigenvalue weighted by Crippen LogP contribution is 2.29. The van der Waals surface area contributed by atoms with Gasteiger partial charge in [0.05, 0.1) is 6.54 Å². The molecule has 0 bridgehead atoms. The molecule has 132 valence electrons. The van der Waals surface area contributed by atoms with Crippen LogP contribution in [0.5, 0.6) is 0 Å². The summed E-state index contributed by atoms with van der Waals surface area (Å²) in [5, 5.41) is 5.37. The van der Waals surface area contributed by atoms with Crippen molar-refractivity contribution in [1.29, 1.82) is 0 Å². The third-order valence-electron chi connectivity index (χ3n) is 4.45. The Morgan fingerprint density at radius 2 is 1.83 bits per heavy atom. The van der Waals surface area contributed by atoms with Crippen molar-refractivity contribution in [2.45, 2.75) is 31.7 Å². The fourth-order valence-electron chi connectivity index (χ4n) is 3.13. The summed E-state index contributed by atoms with van der Waals surface area (Å²) < 4.78 is 28.7. The molecule has 5 nitrogen and oxygen atoms in total. The van der Waals surface area contributed by atoms with Gasteiger partial charge in [0.25, 0.3) is 0 Å². The van der Waals surface area contributed by atoms with Gasteiger partial charge in [0.1, 0.15) is 11.6 Å². The molecule has 0 aromatic heterocycles. The van der Waals surface area contributed by atoms with Crippen LogP contribution in [0.4, 0.5) is 13.6 Å². The minimum atomic E-state index is -0.566. The summed E-state index contributed by atoms with van der Waals surface area (Å²) >= 11 is 0. The van der Waals surface area contributed by atoms with Gasteiger partial charge in [0.2, 0.25) is 5.91 Å². The Bertz CT molecular complexity index is 636. The zero-order valence-corrected chi connectivity index (χ0v) is 13.9. The maximum absolute atomic E-state index is 14.4. The van der Waals surface area contributed by atoms with E-state index in [1.165, 1.54) is 17.0 Å². The molecule has 1 aromatic rings. The normalized spacial score (nSPS) is 19.0. The third kappa shape index (κ3) is 4.02. The van der Waals surface area contributed by atoms with Gasteiger partial charge in [-0.2, -0.15) is 0 Å². The molecule has 8 heteroatoms. The van der Waals surface area contributed by atoms with Gasteiger partial charge in [-0.05, 0) is 49.5 Å². The number of imide groups is 1. The van der Waals surface area contributed by atoms with Crippen LogP contribution in [-0.2, 0) is 11.3 Å². The number of rotatable bonds is 3. The molecule has 0 atom stereocenters. The summed E-state index contributed by atoms with van der Waals surface area (Å²) in [5.74, 6) is -1.26. The highest BCUT2D eigenvalue weighted by Gasteiger charge is 2.25. The maximum atomic E-state index is 14.4. The molecular formula is C16H20ClF2N3O2. The molecule has 2 fully saturated rings. The summed E-state index contributed by atoms with van der Waals surface area (Å²) in [6, 6.07) is 1.87. The van der Waals surface area contributed by atoms with E-state index < -0.39 is 17.7 Å². The fourth-order valence-corrected chi connectivity index (χ4v) is 3.13. The van der Waals surface area contributed by atoms with E-state index in [1.807, 2.05) is 0 Å². The molecule has 0 radical (unpaired) electrons. The zero-order valence-electron chi connectivity index (χ0n) is 13.1. The van der Waals surface area contributed by atoms with E-state index in [4.69, 9.17) is 0 Å². The van der Waals surface area contributed by atoms with Crippen molar-refractivity contribution in [3.05, 3.63) is 34.9 Å². The van der Waals surface area contributed by atoms with E-state index in [9.17, 15) is 18.4 Å². The molecule has 0 unspecified atom stereocenters. The minimum Gasteiger partial charge on any atom is -0.320 e. The second kappa shape index (κ2) is 7.90. The maximum Gasteiger partial charge on any atom is 0.324 e. The van der Waals surface area contributed by atoms with Gasteiger partial charge in [0.15, 0.2) is 0 Å². The summed E-state index contributed by atoms with van der Waals surface area (Å²) in [7, 11) is 0. The first-order valence-corrected chi connectivity index (χ1v) is 7.82. The van der Waals surface area contributed by atoms with Crippen molar-refractivity contribution in [3.63, 3.8) is 0 Å². The molecule has 2 saturated heterocycles. The number of piperidine rings is 1. The Hall–Kier alpha value is -1.73. The summed E-state index contributed by atoms with van der Waals surface area (Å²) in [6.45, 7) is 1.76. The number of halogens is 3. The number of hydrogen-bond acceptors (Lipinski definition) is 3. The molecule has 3 amide bonds. The Kier molecular flexibility index (Phi) is 6.12. The van der Waals surface area contributed by atoms with Gasteiger partial charge in [-0.25, -0.2) is 13.6 Å². The lowest BCUT2D eigenvalue weighted by Gasteiger charge is -2.27. The van der Waals surface area contributed by atoms with E-state index in [1.54, 1.807) is 0 Å². The Morgan fingerprint density at radius 3 is 2.50 bits per heavy atom. The average molecular weight is 360 g/mol. The monoisotopic (exact) mass is 359 g/mol. The number of amides is 3. The molecule has 3 rings (SSSR count). The van der Waals surface area contributed by atoms with Gasteiger partial charge in [-0.1, -0.05) is 0 Å². The van der Waals surface area contributed by atoms with Crippen molar-refractivity contribution in [1.82, 2.24) is 15.5 Å². The van der Waals surface area contributed by atoms with Gasteiger partial charge in [0, 0.05) is 18.5 Å². The van der Waals surface area contributed by atoms with Crippen LogP contribution in [-0.4, -0.2) is 36.5 Å². The zero-order chi connectivity index (χ0) is 16.4. The van der Waals surface area contributed by atoms with Crippen LogP contribution in [0.25, 0.3) is 0 Å². The molecular weight excluding hydrogens is 340 g/mol. The van der Waals surface area contributed by atoms with E-state index in [-0.39, 0.29) is 49.3 Å². The SMILES string of the molecule is Cl.O=C1CCN(Cc2cc(F)c(C3CCNCC3)cc2F)C(=O)N1. The standard InChI is InChI=1S/C16H19F2N3O2.ClH/c17-13-8-12(10-1-4-19-5-2-10)14(18)7-11(13)9-21-6-3-15(22)20-16(21)23;/h7-8,10,19H,1-6,9H2,(H,20,22,23);1H. The van der Waals surface area contributed by atoms with E-state index in [0.29, 0.717) is 5.56 Å². The Balaban J connectivity index is 0.00000208. The molecule has 2 heterocycles. The molecule has 0 aliphatic carbocycles. The molecule has 0 spiro atoms. The summed E-state index contributed by atoms with van der Waals surface area (Å²) in [5.41, 5.74) is 0.538. The largest absolute Gasteiger partial charge is 0.324 e. The van der Waals surface area contributed by atoms with Crippen molar-refractivity contribution in [2.24, 2.45) is 0 Å². The highest BCUT2D eigenvalue weighted by atomic mass is 35.5. The number of nitrogens with one attached hydrogen (secondary N) is 2. The van der Waals surface area contributed by atoms with E-state index in [2.05, 4.69) is 10.6 Å². The first-order valence-electron chi connectivity index (χ1n) is 7.82. The second-order valence-corrected chi connectivity index (χ2v) is 6.01. The summed E-state index contributed by atoms with van der Waals surface area (Å²) in [6.07, 6.45) is 1.74. The lowest BCUT2D eigenvalue weighted by atomic mass is 9.89. The van der Waals surface area contributed by atoms with Gasteiger partial charge in [-0.3, -0.25) is 10.1 Å². The number of hydrogen-bond donors (Lipinski definition) is 2. The third-order valence-corrected chi connectivity index (χ3v) is 4.45. The molecule has 0 saturated carbocycles. The quantitative estimate of drug-likeness (QED) is 0.870. The van der Waals surface area contributed by atoms with Crippen LogP contribution in [0, 0.1) is 11.6 Å². The number of carbonyl (C=O) groups is 2. The van der Waals surface area contributed by atoms with Gasteiger partial charge < -0.3 is 10.2 Å². The number of urea groups is 1. The van der Waals surface area contributed by atoms with Crippen LogP contribution < -0.4 is 10.6 Å². The first-order chi connectivity index (χ1) is 11.0. The lowest BCUT2D eigenvalue weighted by Crippen LogP contribution is -2.48. The molecule has 24 heavy (non-hydrogen) atoms. The second-order valence-electron chi connectivity index (χ2n) is 6.01. The highest BCUT2D eigenvalue weighted by molar-refractivity contribution is 5.96. The number of nitrogens with zero attached hydrogens (tertiary/aromatic N) is 1. The minimum absolute atomic E-state index is 0. The molecule has 2 aliphatic heterocycles. The van der Waals surface area contributed by atoms with Crippen LogP contribution >= 0.6 is 12.4 Å². The Morgan fingerprint density at radius 1 is 1.12 bits per heavy atom. The van der Waals surface area contributed by atoms with E-state index >= 15 is 0 Å². The smallest absolute Gasteiger partial charge is 0.320 e. The molecule has 2 N–H and O–H groups in total. The van der Waals surface area contributed by atoms with Crippen LogP contribution in [0.1, 0.15) is 36.3 Å². The number of benzene rings is 1. The number of carbonyl (C=O) groups excluding carboxylic acids is 2. The Labute approximate surface area is 145 Å². The molecule has 1 aromatic carbocycles. The first kappa shape index (κ1) is 18.6. The predicted molar refractivity (Wildman–Crippen MR) is 87.0 cm³/mol. The van der Waals surface area contributed by atoms with Crippen molar-refractivity contribution < 1.29 is 18.4 Å². The lowest BCUT2D eigenvalue weighted by molar-refractivity contribution is -0.121. The fraction of sp³-hybridized carbons (Fsp3) is 0.500.